The van der Waals surface area contributed by atoms with E-state index in [0.29, 0.717) is 11.0 Å². The van der Waals surface area contributed by atoms with E-state index in [4.69, 9.17) is 5.11 Å². The molecule has 0 spiro atoms. The van der Waals surface area contributed by atoms with Crippen LogP contribution in [-0.2, 0) is 0 Å². The van der Waals surface area contributed by atoms with E-state index < -0.39 is 36.8 Å². The zero-order valence-corrected chi connectivity index (χ0v) is 10.3. The molecule has 0 radical (unpaired) electrons. The Balaban J connectivity index is 2.24. The van der Waals surface area contributed by atoms with Crippen molar-refractivity contribution < 1.29 is 29.9 Å². The van der Waals surface area contributed by atoms with Gasteiger partial charge in [0.25, 0.3) is 0 Å². The lowest BCUT2D eigenvalue weighted by Crippen LogP contribution is -2.42. The lowest BCUT2D eigenvalue weighted by Gasteiger charge is -2.24. The number of halogens is 1. The number of nitrogens with one attached hydrogen (secondary N) is 1. The molecule has 110 valence electrons. The molecule has 1 aromatic carbocycles. The third-order valence-corrected chi connectivity index (χ3v) is 3.00. The average molecular weight is 286 g/mol. The highest BCUT2D eigenvalue weighted by atomic mass is 19.1. The second kappa shape index (κ2) is 5.81. The van der Waals surface area contributed by atoms with Gasteiger partial charge in [0.1, 0.15) is 36.1 Å². The van der Waals surface area contributed by atoms with Crippen LogP contribution in [0.4, 0.5) is 4.39 Å². The first-order chi connectivity index (χ1) is 9.43. The zero-order chi connectivity index (χ0) is 14.9. The Hall–Kier alpha value is -1.58. The highest BCUT2D eigenvalue weighted by Gasteiger charge is 2.32. The molecule has 0 saturated carbocycles. The Morgan fingerprint density at radius 1 is 1.15 bits per heavy atom. The van der Waals surface area contributed by atoms with E-state index in [2.05, 4.69) is 9.97 Å². The first-order valence-electron chi connectivity index (χ1n) is 5.92. The summed E-state index contributed by atoms with van der Waals surface area (Å²) in [7, 11) is 0. The van der Waals surface area contributed by atoms with Gasteiger partial charge in [-0.25, -0.2) is 9.37 Å². The van der Waals surface area contributed by atoms with Crippen molar-refractivity contribution in [3.63, 3.8) is 0 Å². The summed E-state index contributed by atoms with van der Waals surface area (Å²) in [4.78, 5) is 6.57. The van der Waals surface area contributed by atoms with Crippen LogP contribution in [0.2, 0.25) is 0 Å². The van der Waals surface area contributed by atoms with Gasteiger partial charge in [-0.05, 0) is 18.2 Å². The van der Waals surface area contributed by atoms with Crippen LogP contribution in [-0.4, -0.2) is 60.4 Å². The average Bonchev–Trinajstić information content (AvgIpc) is 2.86. The maximum Gasteiger partial charge on any atom is 0.140 e. The highest BCUT2D eigenvalue weighted by molar-refractivity contribution is 5.75. The molecule has 2 rings (SSSR count). The number of hydrogen-bond acceptors (Lipinski definition) is 6. The van der Waals surface area contributed by atoms with Gasteiger partial charge in [0.05, 0.1) is 17.6 Å². The molecule has 2 unspecified atom stereocenters. The molecule has 1 aromatic heterocycles. The van der Waals surface area contributed by atoms with Crippen LogP contribution in [0.15, 0.2) is 18.2 Å². The summed E-state index contributed by atoms with van der Waals surface area (Å²) in [6.45, 7) is -0.768. The highest BCUT2D eigenvalue weighted by Crippen LogP contribution is 2.21. The fourth-order valence-corrected chi connectivity index (χ4v) is 1.83. The molecule has 0 bridgehead atoms. The first kappa shape index (κ1) is 14.8. The molecule has 8 heteroatoms. The third-order valence-electron chi connectivity index (χ3n) is 3.00. The van der Waals surface area contributed by atoms with Gasteiger partial charge in [-0.3, -0.25) is 0 Å². The van der Waals surface area contributed by atoms with Gasteiger partial charge in [0, 0.05) is 0 Å². The number of aromatic amines is 1. The van der Waals surface area contributed by atoms with E-state index in [-0.39, 0.29) is 5.82 Å². The molecule has 20 heavy (non-hydrogen) atoms. The van der Waals surface area contributed by atoms with Crippen molar-refractivity contribution in [2.24, 2.45) is 0 Å². The molecule has 6 N–H and O–H groups in total. The monoisotopic (exact) mass is 286 g/mol. The van der Waals surface area contributed by atoms with Gasteiger partial charge in [-0.2, -0.15) is 0 Å². The number of imidazole rings is 1. The Morgan fingerprint density at radius 3 is 2.50 bits per heavy atom. The number of aromatic nitrogens is 2. The summed E-state index contributed by atoms with van der Waals surface area (Å²) < 4.78 is 13.0. The fourth-order valence-electron chi connectivity index (χ4n) is 1.83. The van der Waals surface area contributed by atoms with Crippen molar-refractivity contribution in [1.29, 1.82) is 0 Å². The fraction of sp³-hybridized carbons (Fsp3) is 0.417. The minimum absolute atomic E-state index is 0.0812. The van der Waals surface area contributed by atoms with Gasteiger partial charge in [0.2, 0.25) is 0 Å². The van der Waals surface area contributed by atoms with E-state index in [1.54, 1.807) is 0 Å². The summed E-state index contributed by atoms with van der Waals surface area (Å²) in [6, 6.07) is 3.76. The third kappa shape index (κ3) is 2.79. The minimum Gasteiger partial charge on any atom is -0.394 e. The second-order valence-corrected chi connectivity index (χ2v) is 4.46. The van der Waals surface area contributed by atoms with Crippen molar-refractivity contribution in [2.45, 2.75) is 24.4 Å². The van der Waals surface area contributed by atoms with Crippen molar-refractivity contribution in [1.82, 2.24) is 9.97 Å². The predicted molar refractivity (Wildman–Crippen MR) is 66.1 cm³/mol. The van der Waals surface area contributed by atoms with E-state index in [9.17, 15) is 24.8 Å². The lowest BCUT2D eigenvalue weighted by molar-refractivity contribution is -0.117. The molecule has 0 aliphatic heterocycles. The summed E-state index contributed by atoms with van der Waals surface area (Å²) in [5.41, 5.74) is 0.702. The van der Waals surface area contributed by atoms with Gasteiger partial charge >= 0.3 is 0 Å². The van der Waals surface area contributed by atoms with Gasteiger partial charge < -0.3 is 30.5 Å². The van der Waals surface area contributed by atoms with Crippen molar-refractivity contribution in [2.75, 3.05) is 6.61 Å². The number of benzene rings is 1. The molecular weight excluding hydrogens is 271 g/mol. The molecule has 1 heterocycles. The summed E-state index contributed by atoms with van der Waals surface area (Å²) >= 11 is 0. The zero-order valence-electron chi connectivity index (χ0n) is 10.3. The molecule has 0 fully saturated rings. The number of aliphatic hydroxyl groups is 5. The Bertz CT molecular complexity index is 590. The topological polar surface area (TPSA) is 130 Å². The van der Waals surface area contributed by atoms with Gasteiger partial charge in [-0.1, -0.05) is 0 Å². The van der Waals surface area contributed by atoms with Crippen LogP contribution in [0.3, 0.4) is 0 Å². The molecule has 4 atom stereocenters. The first-order valence-corrected chi connectivity index (χ1v) is 5.92. The van der Waals surface area contributed by atoms with Gasteiger partial charge in [-0.15, -0.1) is 0 Å². The Kier molecular flexibility index (Phi) is 4.31. The molecule has 0 saturated heterocycles. The quantitative estimate of drug-likeness (QED) is 0.410. The number of hydrogen-bond donors (Lipinski definition) is 6. The minimum atomic E-state index is -1.76. The van der Waals surface area contributed by atoms with Crippen LogP contribution in [0.25, 0.3) is 11.0 Å². The molecule has 0 amide bonds. The van der Waals surface area contributed by atoms with Crippen molar-refractivity contribution in [3.05, 3.63) is 29.8 Å². The molecule has 0 aliphatic rings. The molecule has 2 aromatic rings. The standard InChI is InChI=1S/C12H15FN2O5/c13-5-1-2-6-7(3-5)15-12(14-6)11(20)10(19)9(18)8(17)4-16/h1-3,8-11,16-20H,4H2,(H,14,15)/t8?,9-,10+,11?/m1/s1. The maximum absolute atomic E-state index is 13.0. The van der Waals surface area contributed by atoms with E-state index in [0.717, 1.165) is 0 Å². The predicted octanol–water partition coefficient (Wildman–Crippen LogP) is -1.19. The maximum atomic E-state index is 13.0. The largest absolute Gasteiger partial charge is 0.394 e. The van der Waals surface area contributed by atoms with Crippen LogP contribution in [0.1, 0.15) is 11.9 Å². The van der Waals surface area contributed by atoms with Crippen LogP contribution < -0.4 is 0 Å². The Labute approximate surface area is 113 Å². The normalized spacial score (nSPS) is 17.9. The Morgan fingerprint density at radius 2 is 1.85 bits per heavy atom. The molecule has 7 nitrogen and oxygen atoms in total. The van der Waals surface area contributed by atoms with E-state index in [1.807, 2.05) is 0 Å². The number of nitrogens with zero attached hydrogens (tertiary/aromatic N) is 1. The van der Waals surface area contributed by atoms with E-state index in [1.165, 1.54) is 18.2 Å². The summed E-state index contributed by atoms with van der Waals surface area (Å²) in [5, 5.41) is 47.0. The lowest BCUT2D eigenvalue weighted by atomic mass is 10.0. The number of fused-ring (bicyclic) bond motifs is 1. The van der Waals surface area contributed by atoms with Crippen LogP contribution >= 0.6 is 0 Å². The SMILES string of the molecule is OCC(O)[C@@H](O)[C@H](O)C(O)c1nc2ccc(F)cc2[nH]1. The second-order valence-electron chi connectivity index (χ2n) is 4.46. The number of rotatable bonds is 5. The van der Waals surface area contributed by atoms with Crippen molar-refractivity contribution >= 4 is 11.0 Å². The van der Waals surface area contributed by atoms with Crippen LogP contribution in [0.5, 0.6) is 0 Å². The number of aliphatic hydroxyl groups excluding tert-OH is 5. The van der Waals surface area contributed by atoms with Crippen molar-refractivity contribution in [3.8, 4) is 0 Å². The number of H-pyrrole nitrogens is 1. The summed E-state index contributed by atoms with van der Waals surface area (Å²) in [6.07, 6.45) is -6.73. The van der Waals surface area contributed by atoms with Gasteiger partial charge in [0.15, 0.2) is 0 Å². The summed E-state index contributed by atoms with van der Waals surface area (Å²) in [5.74, 6) is -0.569. The molecular formula is C12H15FN2O5. The smallest absolute Gasteiger partial charge is 0.140 e. The molecule has 0 aliphatic carbocycles. The van der Waals surface area contributed by atoms with E-state index >= 15 is 0 Å². The van der Waals surface area contributed by atoms with Crippen LogP contribution in [0, 0.1) is 5.82 Å².